The van der Waals surface area contributed by atoms with Crippen molar-refractivity contribution in [3.05, 3.63) is 24.2 Å². The molecule has 1 aromatic heterocycles. The fourth-order valence-corrected chi connectivity index (χ4v) is 2.19. The van der Waals surface area contributed by atoms with E-state index < -0.39 is 5.97 Å². The molecule has 6 nitrogen and oxygen atoms in total. The Bertz CT molecular complexity index is 422. The van der Waals surface area contributed by atoms with Crippen LogP contribution in [0, 0.1) is 5.92 Å². The molecule has 0 bridgehead atoms. The van der Waals surface area contributed by atoms with Crippen molar-refractivity contribution in [1.29, 1.82) is 0 Å². The first-order valence-electron chi connectivity index (χ1n) is 6.40. The SMILES string of the molecule is O=C(O)C1CCN(C(=O)CNCc2ccco2)CC1. The van der Waals surface area contributed by atoms with E-state index >= 15 is 0 Å². The van der Waals surface area contributed by atoms with Crippen LogP contribution in [0.25, 0.3) is 0 Å². The molecular formula is C13H18N2O4. The summed E-state index contributed by atoms with van der Waals surface area (Å²) < 4.78 is 5.15. The number of carbonyl (C=O) groups is 2. The summed E-state index contributed by atoms with van der Waals surface area (Å²) in [5, 5.41) is 11.9. The number of hydrogen-bond acceptors (Lipinski definition) is 4. The summed E-state index contributed by atoms with van der Waals surface area (Å²) in [6.45, 7) is 1.82. The average molecular weight is 266 g/mol. The Kier molecular flexibility index (Phi) is 4.57. The van der Waals surface area contributed by atoms with Crippen LogP contribution in [0.4, 0.5) is 0 Å². The number of hydrogen-bond donors (Lipinski definition) is 2. The maximum absolute atomic E-state index is 11.9. The van der Waals surface area contributed by atoms with Crippen LogP contribution in [-0.2, 0) is 16.1 Å². The Labute approximate surface area is 111 Å². The minimum Gasteiger partial charge on any atom is -0.481 e. The quantitative estimate of drug-likeness (QED) is 0.819. The topological polar surface area (TPSA) is 82.8 Å². The first-order chi connectivity index (χ1) is 9.16. The van der Waals surface area contributed by atoms with Crippen LogP contribution in [0.15, 0.2) is 22.8 Å². The molecule has 0 atom stereocenters. The zero-order valence-electron chi connectivity index (χ0n) is 10.7. The third-order valence-electron chi connectivity index (χ3n) is 3.35. The van der Waals surface area contributed by atoms with E-state index in [1.54, 1.807) is 17.2 Å². The number of piperidine rings is 1. The van der Waals surface area contributed by atoms with E-state index in [0.717, 1.165) is 5.76 Å². The number of furan rings is 1. The molecule has 2 heterocycles. The van der Waals surface area contributed by atoms with Crippen molar-refractivity contribution >= 4 is 11.9 Å². The molecule has 1 aliphatic rings. The summed E-state index contributed by atoms with van der Waals surface area (Å²) in [7, 11) is 0. The van der Waals surface area contributed by atoms with Gasteiger partial charge in [-0.3, -0.25) is 9.59 Å². The molecule has 1 fully saturated rings. The van der Waals surface area contributed by atoms with E-state index in [9.17, 15) is 9.59 Å². The lowest BCUT2D eigenvalue weighted by Crippen LogP contribution is -2.43. The van der Waals surface area contributed by atoms with Gasteiger partial charge in [0, 0.05) is 13.1 Å². The smallest absolute Gasteiger partial charge is 0.306 e. The minimum atomic E-state index is -0.761. The van der Waals surface area contributed by atoms with E-state index in [0.29, 0.717) is 32.5 Å². The lowest BCUT2D eigenvalue weighted by atomic mass is 9.97. The maximum atomic E-state index is 11.9. The third kappa shape index (κ3) is 3.82. The highest BCUT2D eigenvalue weighted by atomic mass is 16.4. The van der Waals surface area contributed by atoms with Crippen LogP contribution < -0.4 is 5.32 Å². The van der Waals surface area contributed by atoms with Gasteiger partial charge in [-0.25, -0.2) is 0 Å². The van der Waals surface area contributed by atoms with Gasteiger partial charge in [-0.1, -0.05) is 0 Å². The Hall–Kier alpha value is -1.82. The normalized spacial score (nSPS) is 16.5. The molecule has 0 aromatic carbocycles. The zero-order valence-corrected chi connectivity index (χ0v) is 10.7. The van der Waals surface area contributed by atoms with Gasteiger partial charge in [0.1, 0.15) is 5.76 Å². The molecule has 0 saturated carbocycles. The van der Waals surface area contributed by atoms with Gasteiger partial charge in [-0.05, 0) is 25.0 Å². The molecule has 0 aliphatic carbocycles. The second kappa shape index (κ2) is 6.38. The predicted molar refractivity (Wildman–Crippen MR) is 67.4 cm³/mol. The highest BCUT2D eigenvalue weighted by Crippen LogP contribution is 2.17. The Balaban J connectivity index is 1.68. The first kappa shape index (κ1) is 13.6. The molecule has 6 heteroatoms. The molecule has 2 rings (SSSR count). The van der Waals surface area contributed by atoms with Crippen molar-refractivity contribution in [3.63, 3.8) is 0 Å². The van der Waals surface area contributed by atoms with Gasteiger partial charge >= 0.3 is 5.97 Å². The first-order valence-corrected chi connectivity index (χ1v) is 6.40. The number of carbonyl (C=O) groups excluding carboxylic acids is 1. The molecule has 0 unspecified atom stereocenters. The molecule has 2 N–H and O–H groups in total. The monoisotopic (exact) mass is 266 g/mol. The van der Waals surface area contributed by atoms with Crippen LogP contribution in [-0.4, -0.2) is 41.5 Å². The second-order valence-corrected chi connectivity index (χ2v) is 4.68. The number of rotatable bonds is 5. The van der Waals surface area contributed by atoms with Gasteiger partial charge in [0.2, 0.25) is 5.91 Å². The largest absolute Gasteiger partial charge is 0.481 e. The molecule has 0 spiro atoms. The molecule has 1 saturated heterocycles. The standard InChI is InChI=1S/C13H18N2O4/c16-12(9-14-8-11-2-1-7-19-11)15-5-3-10(4-6-15)13(17)18/h1-2,7,10,14H,3-6,8-9H2,(H,17,18). The van der Waals surface area contributed by atoms with E-state index in [1.165, 1.54) is 0 Å². The van der Waals surface area contributed by atoms with E-state index in [4.69, 9.17) is 9.52 Å². The highest BCUT2D eigenvalue weighted by Gasteiger charge is 2.26. The van der Waals surface area contributed by atoms with Gasteiger partial charge in [0.05, 0.1) is 25.3 Å². The molecule has 19 heavy (non-hydrogen) atoms. The van der Waals surface area contributed by atoms with Crippen LogP contribution in [0.5, 0.6) is 0 Å². The number of nitrogens with one attached hydrogen (secondary N) is 1. The number of aliphatic carboxylic acids is 1. The van der Waals surface area contributed by atoms with E-state index in [-0.39, 0.29) is 18.4 Å². The van der Waals surface area contributed by atoms with E-state index in [2.05, 4.69) is 5.32 Å². The number of carboxylic acids is 1. The zero-order chi connectivity index (χ0) is 13.7. The molecule has 0 radical (unpaired) electrons. The van der Waals surface area contributed by atoms with Crippen LogP contribution >= 0.6 is 0 Å². The average Bonchev–Trinajstić information content (AvgIpc) is 2.92. The predicted octanol–water partition coefficient (Wildman–Crippen LogP) is 0.692. The number of amides is 1. The summed E-state index contributed by atoms with van der Waals surface area (Å²) >= 11 is 0. The van der Waals surface area contributed by atoms with Gasteiger partial charge in [0.15, 0.2) is 0 Å². The van der Waals surface area contributed by atoms with Crippen molar-refractivity contribution in [2.24, 2.45) is 5.92 Å². The molecule has 1 amide bonds. The Morgan fingerprint density at radius 2 is 2.16 bits per heavy atom. The molecule has 104 valence electrons. The van der Waals surface area contributed by atoms with Gasteiger partial charge in [0.25, 0.3) is 0 Å². The van der Waals surface area contributed by atoms with Crippen LogP contribution in [0.1, 0.15) is 18.6 Å². The number of likely N-dealkylation sites (tertiary alicyclic amines) is 1. The molecule has 1 aliphatic heterocycles. The highest BCUT2D eigenvalue weighted by molar-refractivity contribution is 5.78. The van der Waals surface area contributed by atoms with Crippen LogP contribution in [0.2, 0.25) is 0 Å². The fourth-order valence-electron chi connectivity index (χ4n) is 2.19. The van der Waals surface area contributed by atoms with Crippen molar-refractivity contribution in [3.8, 4) is 0 Å². The van der Waals surface area contributed by atoms with Crippen molar-refractivity contribution < 1.29 is 19.1 Å². The summed E-state index contributed by atoms with van der Waals surface area (Å²) in [6, 6.07) is 3.64. The maximum Gasteiger partial charge on any atom is 0.306 e. The van der Waals surface area contributed by atoms with Crippen LogP contribution in [0.3, 0.4) is 0 Å². The van der Waals surface area contributed by atoms with Gasteiger partial charge < -0.3 is 19.7 Å². The molecule has 1 aromatic rings. The fraction of sp³-hybridized carbons (Fsp3) is 0.538. The van der Waals surface area contributed by atoms with Crippen molar-refractivity contribution in [2.45, 2.75) is 19.4 Å². The van der Waals surface area contributed by atoms with Crippen molar-refractivity contribution in [1.82, 2.24) is 10.2 Å². The van der Waals surface area contributed by atoms with Crippen molar-refractivity contribution in [2.75, 3.05) is 19.6 Å². The Morgan fingerprint density at radius 3 is 2.74 bits per heavy atom. The van der Waals surface area contributed by atoms with E-state index in [1.807, 2.05) is 6.07 Å². The Morgan fingerprint density at radius 1 is 1.42 bits per heavy atom. The summed E-state index contributed by atoms with van der Waals surface area (Å²) in [6.07, 6.45) is 2.67. The van der Waals surface area contributed by atoms with Gasteiger partial charge in [-0.15, -0.1) is 0 Å². The lowest BCUT2D eigenvalue weighted by Gasteiger charge is -2.30. The lowest BCUT2D eigenvalue weighted by molar-refractivity contribution is -0.145. The molecular weight excluding hydrogens is 248 g/mol. The summed E-state index contributed by atoms with van der Waals surface area (Å²) in [5.74, 6) is -0.268. The number of nitrogens with zero attached hydrogens (tertiary/aromatic N) is 1. The second-order valence-electron chi connectivity index (χ2n) is 4.68. The summed E-state index contributed by atoms with van der Waals surface area (Å²) in [4.78, 5) is 24.4. The summed E-state index contributed by atoms with van der Waals surface area (Å²) in [5.41, 5.74) is 0. The third-order valence-corrected chi connectivity index (χ3v) is 3.35. The minimum absolute atomic E-state index is 0.00962. The van der Waals surface area contributed by atoms with Gasteiger partial charge in [-0.2, -0.15) is 0 Å². The number of carboxylic acid groups (broad SMARTS) is 1.